The minimum atomic E-state index is 0.745. The molecule has 17 heavy (non-hydrogen) atoms. The Kier molecular flexibility index (Phi) is 5.91. The summed E-state index contributed by atoms with van der Waals surface area (Å²) in [6.07, 6.45) is 4.12. The molecule has 1 heterocycles. The van der Waals surface area contributed by atoms with Crippen LogP contribution in [0.1, 0.15) is 25.5 Å². The number of hydrogen-bond donors (Lipinski definition) is 1. The van der Waals surface area contributed by atoms with Gasteiger partial charge in [-0.25, -0.2) is 0 Å². The van der Waals surface area contributed by atoms with Crippen molar-refractivity contribution in [1.29, 1.82) is 0 Å². The third-order valence-corrected chi connectivity index (χ3v) is 3.67. The molecule has 4 nitrogen and oxygen atoms in total. The second-order valence-corrected chi connectivity index (χ2v) is 5.25. The molecule has 0 saturated heterocycles. The van der Waals surface area contributed by atoms with E-state index in [1.165, 1.54) is 6.42 Å². The van der Waals surface area contributed by atoms with Crippen LogP contribution in [0.5, 0.6) is 0 Å². The van der Waals surface area contributed by atoms with E-state index in [4.69, 9.17) is 12.2 Å². The molecule has 6 heteroatoms. The van der Waals surface area contributed by atoms with E-state index in [1.54, 1.807) is 6.20 Å². The van der Waals surface area contributed by atoms with Gasteiger partial charge in [-0.05, 0) is 34.6 Å². The van der Waals surface area contributed by atoms with Gasteiger partial charge in [-0.3, -0.25) is 4.68 Å². The topological polar surface area (TPSA) is 33.1 Å². The Morgan fingerprint density at radius 1 is 1.65 bits per heavy atom. The smallest absolute Gasteiger partial charge is 0.169 e. The standard InChI is InChI=1S/C11H19BrN4S/c1-4-5-6-13-11(17)15(2)8-10-9(12)7-14-16(10)3/h7H,4-6,8H2,1-3H3,(H,13,17). The molecule has 96 valence electrons. The Labute approximate surface area is 116 Å². The minimum Gasteiger partial charge on any atom is -0.363 e. The van der Waals surface area contributed by atoms with Gasteiger partial charge in [0.15, 0.2) is 5.11 Å². The lowest BCUT2D eigenvalue weighted by atomic mass is 10.3. The fraction of sp³-hybridized carbons (Fsp3) is 0.636. The highest BCUT2D eigenvalue weighted by Crippen LogP contribution is 2.16. The second kappa shape index (κ2) is 6.96. The quantitative estimate of drug-likeness (QED) is 0.667. The van der Waals surface area contributed by atoms with Gasteiger partial charge in [0.05, 0.1) is 22.9 Å². The van der Waals surface area contributed by atoms with Crippen LogP contribution in [0, 0.1) is 0 Å². The lowest BCUT2D eigenvalue weighted by Gasteiger charge is -2.21. The Hall–Kier alpha value is -0.620. The van der Waals surface area contributed by atoms with Crippen LogP contribution in [-0.2, 0) is 13.6 Å². The highest BCUT2D eigenvalue weighted by atomic mass is 79.9. The fourth-order valence-corrected chi connectivity index (χ4v) is 2.06. The summed E-state index contributed by atoms with van der Waals surface area (Å²) in [7, 11) is 3.92. The van der Waals surface area contributed by atoms with Gasteiger partial charge in [0.1, 0.15) is 0 Å². The number of halogens is 1. The maximum atomic E-state index is 5.32. The van der Waals surface area contributed by atoms with Crippen molar-refractivity contribution in [2.45, 2.75) is 26.3 Å². The minimum absolute atomic E-state index is 0.745. The summed E-state index contributed by atoms with van der Waals surface area (Å²) >= 11 is 8.80. The Morgan fingerprint density at radius 2 is 2.35 bits per heavy atom. The van der Waals surface area contributed by atoms with E-state index in [2.05, 4.69) is 33.3 Å². The molecule has 1 N–H and O–H groups in total. The van der Waals surface area contributed by atoms with Crippen molar-refractivity contribution < 1.29 is 0 Å². The summed E-state index contributed by atoms with van der Waals surface area (Å²) in [6.45, 7) is 3.85. The maximum Gasteiger partial charge on any atom is 0.169 e. The molecule has 0 bridgehead atoms. The van der Waals surface area contributed by atoms with Gasteiger partial charge in [-0.1, -0.05) is 13.3 Å². The molecule has 0 unspecified atom stereocenters. The van der Waals surface area contributed by atoms with E-state index in [0.717, 1.165) is 34.8 Å². The van der Waals surface area contributed by atoms with E-state index in [-0.39, 0.29) is 0 Å². The number of aromatic nitrogens is 2. The summed E-state index contributed by atoms with van der Waals surface area (Å²) in [4.78, 5) is 2.02. The van der Waals surface area contributed by atoms with Crippen LogP contribution in [0.3, 0.4) is 0 Å². The zero-order valence-electron chi connectivity index (χ0n) is 10.5. The Bertz CT molecular complexity index is 358. The SMILES string of the molecule is CCCCNC(=S)N(C)Cc1c(Br)cnn1C. The monoisotopic (exact) mass is 318 g/mol. The van der Waals surface area contributed by atoms with Gasteiger partial charge >= 0.3 is 0 Å². The first-order valence-corrected chi connectivity index (χ1v) is 6.91. The van der Waals surface area contributed by atoms with Gasteiger partial charge < -0.3 is 10.2 Å². The summed E-state index contributed by atoms with van der Waals surface area (Å²) < 4.78 is 2.87. The number of unbranched alkanes of at least 4 members (excludes halogenated alkanes) is 1. The van der Waals surface area contributed by atoms with Crippen LogP contribution in [0.15, 0.2) is 10.7 Å². The van der Waals surface area contributed by atoms with Crippen molar-refractivity contribution in [2.75, 3.05) is 13.6 Å². The molecule has 0 amide bonds. The van der Waals surface area contributed by atoms with Crippen molar-refractivity contribution in [1.82, 2.24) is 20.0 Å². The summed E-state index contributed by atoms with van der Waals surface area (Å²) in [5, 5.41) is 8.21. The van der Waals surface area contributed by atoms with Crippen LogP contribution in [0.4, 0.5) is 0 Å². The van der Waals surface area contributed by atoms with E-state index in [0.29, 0.717) is 0 Å². The molecular weight excluding hydrogens is 300 g/mol. The van der Waals surface area contributed by atoms with Crippen LogP contribution < -0.4 is 5.32 Å². The largest absolute Gasteiger partial charge is 0.363 e. The van der Waals surface area contributed by atoms with Gasteiger partial charge in [-0.2, -0.15) is 5.10 Å². The normalized spacial score (nSPS) is 10.4. The molecule has 0 saturated carbocycles. The highest BCUT2D eigenvalue weighted by molar-refractivity contribution is 9.10. The summed E-state index contributed by atoms with van der Waals surface area (Å²) in [5.41, 5.74) is 1.12. The van der Waals surface area contributed by atoms with Crippen LogP contribution in [-0.4, -0.2) is 33.4 Å². The van der Waals surface area contributed by atoms with Crippen LogP contribution in [0.25, 0.3) is 0 Å². The third kappa shape index (κ3) is 4.27. The Morgan fingerprint density at radius 3 is 2.88 bits per heavy atom. The van der Waals surface area contributed by atoms with Crippen molar-refractivity contribution in [3.63, 3.8) is 0 Å². The van der Waals surface area contributed by atoms with Crippen molar-refractivity contribution >= 4 is 33.3 Å². The molecule has 0 radical (unpaired) electrons. The molecule has 0 aliphatic rings. The molecule has 1 aromatic rings. The first-order valence-electron chi connectivity index (χ1n) is 5.71. The molecule has 0 aromatic carbocycles. The molecule has 0 aliphatic heterocycles. The van der Waals surface area contributed by atoms with E-state index >= 15 is 0 Å². The molecule has 1 rings (SSSR count). The van der Waals surface area contributed by atoms with Crippen molar-refractivity contribution in [3.05, 3.63) is 16.4 Å². The average molecular weight is 319 g/mol. The number of nitrogens with zero attached hydrogens (tertiary/aromatic N) is 3. The number of nitrogens with one attached hydrogen (secondary N) is 1. The van der Waals surface area contributed by atoms with Gasteiger partial charge in [0.2, 0.25) is 0 Å². The number of hydrogen-bond acceptors (Lipinski definition) is 2. The summed E-state index contributed by atoms with van der Waals surface area (Å²) in [5.74, 6) is 0. The second-order valence-electron chi connectivity index (χ2n) is 4.00. The molecule has 0 aliphatic carbocycles. The summed E-state index contributed by atoms with van der Waals surface area (Å²) in [6, 6.07) is 0. The van der Waals surface area contributed by atoms with E-state index in [9.17, 15) is 0 Å². The lowest BCUT2D eigenvalue weighted by Crippen LogP contribution is -2.37. The molecule has 0 spiro atoms. The third-order valence-electron chi connectivity index (χ3n) is 2.55. The zero-order chi connectivity index (χ0) is 12.8. The predicted octanol–water partition coefficient (Wildman–Crippen LogP) is 2.29. The van der Waals surface area contributed by atoms with Crippen LogP contribution >= 0.6 is 28.1 Å². The van der Waals surface area contributed by atoms with Gasteiger partial charge in [-0.15, -0.1) is 0 Å². The fourth-order valence-electron chi connectivity index (χ4n) is 1.42. The number of aryl methyl sites for hydroxylation is 1. The van der Waals surface area contributed by atoms with Crippen molar-refractivity contribution in [3.8, 4) is 0 Å². The van der Waals surface area contributed by atoms with E-state index < -0.39 is 0 Å². The predicted molar refractivity (Wildman–Crippen MR) is 77.9 cm³/mol. The number of rotatable bonds is 5. The van der Waals surface area contributed by atoms with Gasteiger partial charge in [0.25, 0.3) is 0 Å². The highest BCUT2D eigenvalue weighted by Gasteiger charge is 2.10. The zero-order valence-corrected chi connectivity index (χ0v) is 12.9. The first-order chi connectivity index (χ1) is 8.06. The molecule has 0 atom stereocenters. The lowest BCUT2D eigenvalue weighted by molar-refractivity contribution is 0.464. The molecule has 0 fully saturated rings. The maximum absolute atomic E-state index is 5.32. The van der Waals surface area contributed by atoms with Crippen molar-refractivity contribution in [2.24, 2.45) is 7.05 Å². The number of thiocarbonyl (C=S) groups is 1. The van der Waals surface area contributed by atoms with E-state index in [1.807, 2.05) is 23.7 Å². The molecular formula is C11H19BrN4S. The van der Waals surface area contributed by atoms with Gasteiger partial charge in [0, 0.05) is 20.6 Å². The molecule has 1 aromatic heterocycles. The first kappa shape index (κ1) is 14.4. The van der Waals surface area contributed by atoms with Crippen LogP contribution in [0.2, 0.25) is 0 Å². The Balaban J connectivity index is 2.48. The average Bonchev–Trinajstić information content (AvgIpc) is 2.61.